The monoisotopic (exact) mass is 392 g/mol. The number of rotatable bonds is 7. The maximum absolute atomic E-state index is 14.0. The van der Waals surface area contributed by atoms with Crippen molar-refractivity contribution in [2.24, 2.45) is 0 Å². The second-order valence-electron chi connectivity index (χ2n) is 6.10. The van der Waals surface area contributed by atoms with E-state index < -0.39 is 17.8 Å². The lowest BCUT2D eigenvalue weighted by Crippen LogP contribution is -2.48. The summed E-state index contributed by atoms with van der Waals surface area (Å²) >= 11 is 5.98. The van der Waals surface area contributed by atoms with Crippen molar-refractivity contribution in [1.29, 1.82) is 0 Å². The van der Waals surface area contributed by atoms with E-state index in [0.29, 0.717) is 16.3 Å². The number of carbonyl (C=O) groups excluding carboxylic acids is 2. The highest BCUT2D eigenvalue weighted by molar-refractivity contribution is 6.31. The summed E-state index contributed by atoms with van der Waals surface area (Å²) in [5, 5.41) is 3.11. The highest BCUT2D eigenvalue weighted by Gasteiger charge is 2.26. The largest absolute Gasteiger partial charge is 0.484 e. The third-order valence-corrected chi connectivity index (χ3v) is 4.63. The van der Waals surface area contributed by atoms with Crippen molar-refractivity contribution >= 4 is 23.4 Å². The zero-order valence-corrected chi connectivity index (χ0v) is 16.2. The van der Waals surface area contributed by atoms with Crippen LogP contribution in [0, 0.1) is 12.7 Å². The highest BCUT2D eigenvalue weighted by atomic mass is 35.5. The number of amides is 2. The molecule has 0 saturated carbocycles. The standard InChI is InChI=1S/C20H22ClFN2O3/c1-13-10-16(8-9-17(13)21)27-12-19(25)24(14(2)20(26)23-3)11-15-6-4-5-7-18(15)22/h4-10,14H,11-12H2,1-3H3,(H,23,26)/t14-/m1/s1. The molecule has 5 nitrogen and oxygen atoms in total. The minimum atomic E-state index is -0.780. The number of benzene rings is 2. The number of aryl methyl sites for hydroxylation is 1. The highest BCUT2D eigenvalue weighted by Crippen LogP contribution is 2.21. The van der Waals surface area contributed by atoms with Gasteiger partial charge < -0.3 is 15.0 Å². The molecule has 2 aromatic carbocycles. The molecule has 0 bridgehead atoms. The molecule has 1 atom stereocenters. The van der Waals surface area contributed by atoms with Crippen molar-refractivity contribution in [1.82, 2.24) is 10.2 Å². The van der Waals surface area contributed by atoms with Crippen LogP contribution in [-0.4, -0.2) is 36.4 Å². The van der Waals surface area contributed by atoms with Crippen molar-refractivity contribution in [3.63, 3.8) is 0 Å². The van der Waals surface area contributed by atoms with E-state index in [0.717, 1.165) is 5.56 Å². The van der Waals surface area contributed by atoms with Gasteiger partial charge in [0.15, 0.2) is 6.61 Å². The minimum Gasteiger partial charge on any atom is -0.484 e. The lowest BCUT2D eigenvalue weighted by molar-refractivity contribution is -0.142. The van der Waals surface area contributed by atoms with Gasteiger partial charge in [-0.05, 0) is 43.7 Å². The number of carbonyl (C=O) groups is 2. The molecule has 0 unspecified atom stereocenters. The van der Waals surface area contributed by atoms with Crippen LogP contribution in [0.5, 0.6) is 5.75 Å². The molecule has 27 heavy (non-hydrogen) atoms. The molecule has 0 radical (unpaired) electrons. The number of hydrogen-bond acceptors (Lipinski definition) is 3. The number of nitrogens with zero attached hydrogens (tertiary/aromatic N) is 1. The van der Waals surface area contributed by atoms with Crippen LogP contribution in [0.4, 0.5) is 4.39 Å². The first kappa shape index (κ1) is 20.7. The normalized spacial score (nSPS) is 11.6. The van der Waals surface area contributed by atoms with Crippen LogP contribution in [-0.2, 0) is 16.1 Å². The lowest BCUT2D eigenvalue weighted by atomic mass is 10.1. The van der Waals surface area contributed by atoms with Gasteiger partial charge in [0.05, 0.1) is 0 Å². The predicted octanol–water partition coefficient (Wildman–Crippen LogP) is 3.33. The Morgan fingerprint density at radius 2 is 1.96 bits per heavy atom. The van der Waals surface area contributed by atoms with E-state index in [4.69, 9.17) is 16.3 Å². The van der Waals surface area contributed by atoms with E-state index in [-0.39, 0.29) is 19.1 Å². The van der Waals surface area contributed by atoms with Crippen LogP contribution >= 0.6 is 11.6 Å². The maximum atomic E-state index is 14.0. The van der Waals surface area contributed by atoms with Crippen LogP contribution in [0.2, 0.25) is 5.02 Å². The van der Waals surface area contributed by atoms with Crippen molar-refractivity contribution in [2.45, 2.75) is 26.4 Å². The molecule has 0 aliphatic rings. The van der Waals surface area contributed by atoms with E-state index >= 15 is 0 Å². The first-order valence-electron chi connectivity index (χ1n) is 8.47. The summed E-state index contributed by atoms with van der Waals surface area (Å²) in [6.45, 7) is 3.10. The van der Waals surface area contributed by atoms with E-state index in [1.54, 1.807) is 43.3 Å². The van der Waals surface area contributed by atoms with Crippen molar-refractivity contribution < 1.29 is 18.7 Å². The third kappa shape index (κ3) is 5.44. The van der Waals surface area contributed by atoms with Crippen molar-refractivity contribution in [3.8, 4) is 5.75 Å². The van der Waals surface area contributed by atoms with Gasteiger partial charge in [-0.3, -0.25) is 9.59 Å². The Bertz CT molecular complexity index is 829. The fourth-order valence-electron chi connectivity index (χ4n) is 2.54. The van der Waals surface area contributed by atoms with Gasteiger partial charge in [0.2, 0.25) is 5.91 Å². The molecule has 1 N–H and O–H groups in total. The SMILES string of the molecule is CNC(=O)[C@@H](C)N(Cc1ccccc1F)C(=O)COc1ccc(Cl)c(C)c1. The summed E-state index contributed by atoms with van der Waals surface area (Å²) in [5.74, 6) is -0.721. The summed E-state index contributed by atoms with van der Waals surface area (Å²) in [5.41, 5.74) is 1.15. The van der Waals surface area contributed by atoms with Gasteiger partial charge in [0.25, 0.3) is 5.91 Å². The first-order chi connectivity index (χ1) is 12.8. The molecule has 0 aliphatic carbocycles. The summed E-state index contributed by atoms with van der Waals surface area (Å²) in [7, 11) is 1.48. The molecule has 0 spiro atoms. The molecule has 0 saturated heterocycles. The summed E-state index contributed by atoms with van der Waals surface area (Å²) in [6.07, 6.45) is 0. The molecule has 7 heteroatoms. The molecule has 0 aromatic heterocycles. The van der Waals surface area contributed by atoms with Crippen molar-refractivity contribution in [3.05, 3.63) is 64.4 Å². The average molecular weight is 393 g/mol. The van der Waals surface area contributed by atoms with Gasteiger partial charge in [-0.25, -0.2) is 4.39 Å². The van der Waals surface area contributed by atoms with Crippen molar-refractivity contribution in [2.75, 3.05) is 13.7 Å². The van der Waals surface area contributed by atoms with E-state index in [1.165, 1.54) is 18.0 Å². The number of ether oxygens (including phenoxy) is 1. The van der Waals surface area contributed by atoms with Crippen LogP contribution < -0.4 is 10.1 Å². The Morgan fingerprint density at radius 3 is 2.59 bits per heavy atom. The minimum absolute atomic E-state index is 0.0386. The summed E-state index contributed by atoms with van der Waals surface area (Å²) in [4.78, 5) is 26.0. The maximum Gasteiger partial charge on any atom is 0.261 e. The summed E-state index contributed by atoms with van der Waals surface area (Å²) in [6, 6.07) is 10.4. The van der Waals surface area contributed by atoms with E-state index in [9.17, 15) is 14.0 Å². The van der Waals surface area contributed by atoms with E-state index in [2.05, 4.69) is 5.32 Å². The van der Waals surface area contributed by atoms with Gasteiger partial charge in [0, 0.05) is 24.2 Å². The zero-order chi connectivity index (χ0) is 20.0. The Hall–Kier alpha value is -2.60. The fourth-order valence-corrected chi connectivity index (χ4v) is 2.65. The smallest absolute Gasteiger partial charge is 0.261 e. The molecule has 2 aromatic rings. The number of hydrogen-bond donors (Lipinski definition) is 1. The molecule has 0 heterocycles. The molecule has 144 valence electrons. The number of likely N-dealkylation sites (N-methyl/N-ethyl adjacent to an activating group) is 1. The summed E-state index contributed by atoms with van der Waals surface area (Å²) < 4.78 is 19.6. The first-order valence-corrected chi connectivity index (χ1v) is 8.84. The predicted molar refractivity (Wildman–Crippen MR) is 102 cm³/mol. The average Bonchev–Trinajstić information content (AvgIpc) is 2.66. The molecule has 0 aliphatic heterocycles. The topological polar surface area (TPSA) is 58.6 Å². The van der Waals surface area contributed by atoms with Gasteiger partial charge in [-0.15, -0.1) is 0 Å². The van der Waals surface area contributed by atoms with Gasteiger partial charge in [-0.1, -0.05) is 29.8 Å². The molecular weight excluding hydrogens is 371 g/mol. The Morgan fingerprint density at radius 1 is 1.26 bits per heavy atom. The Kier molecular flexibility index (Phi) is 7.19. The molecule has 2 amide bonds. The van der Waals surface area contributed by atoms with E-state index in [1.807, 2.05) is 6.92 Å². The van der Waals surface area contributed by atoms with Crippen LogP contribution in [0.1, 0.15) is 18.1 Å². The molecule has 2 rings (SSSR count). The fraction of sp³-hybridized carbons (Fsp3) is 0.300. The second kappa shape index (κ2) is 9.37. The zero-order valence-electron chi connectivity index (χ0n) is 15.5. The Balaban J connectivity index is 2.16. The molecule has 0 fully saturated rings. The van der Waals surface area contributed by atoms with Crippen LogP contribution in [0.15, 0.2) is 42.5 Å². The van der Waals surface area contributed by atoms with Crippen LogP contribution in [0.3, 0.4) is 0 Å². The van der Waals surface area contributed by atoms with Gasteiger partial charge in [0.1, 0.15) is 17.6 Å². The van der Waals surface area contributed by atoms with Gasteiger partial charge >= 0.3 is 0 Å². The second-order valence-corrected chi connectivity index (χ2v) is 6.51. The lowest BCUT2D eigenvalue weighted by Gasteiger charge is -2.28. The Labute approximate surface area is 163 Å². The quantitative estimate of drug-likeness (QED) is 0.786. The molecular formula is C20H22ClFN2O3. The number of halogens is 2. The van der Waals surface area contributed by atoms with Crippen LogP contribution in [0.25, 0.3) is 0 Å². The third-order valence-electron chi connectivity index (χ3n) is 4.20. The number of nitrogens with one attached hydrogen (secondary N) is 1. The van der Waals surface area contributed by atoms with Gasteiger partial charge in [-0.2, -0.15) is 0 Å².